The van der Waals surface area contributed by atoms with Crippen LogP contribution in [-0.2, 0) is 10.4 Å². The fraction of sp³-hybridized carbons (Fsp3) is 0.391. The van der Waals surface area contributed by atoms with Gasteiger partial charge in [0, 0.05) is 30.0 Å². The third-order valence-corrected chi connectivity index (χ3v) is 5.57. The smallest absolute Gasteiger partial charge is 0.185 e. The molecular weight excluding hydrogens is 386 g/mol. The number of halogens is 1. The Labute approximate surface area is 176 Å². The molecule has 29 heavy (non-hydrogen) atoms. The first-order valence-corrected chi connectivity index (χ1v) is 10.5. The number of amidine groups is 1. The van der Waals surface area contributed by atoms with Crippen molar-refractivity contribution >= 4 is 23.1 Å². The van der Waals surface area contributed by atoms with Crippen LogP contribution in [-0.4, -0.2) is 30.9 Å². The molecule has 0 aliphatic carbocycles. The Hall–Kier alpha value is -2.37. The van der Waals surface area contributed by atoms with Crippen molar-refractivity contribution in [2.24, 2.45) is 15.7 Å². The van der Waals surface area contributed by atoms with Crippen molar-refractivity contribution in [2.75, 3.05) is 13.2 Å². The Bertz CT molecular complexity index is 952. The molecule has 2 aromatic carbocycles. The van der Waals surface area contributed by atoms with E-state index in [1.165, 1.54) is 0 Å². The van der Waals surface area contributed by atoms with Crippen molar-refractivity contribution in [3.63, 3.8) is 0 Å². The molecule has 2 N–H and O–H groups in total. The highest BCUT2D eigenvalue weighted by Crippen LogP contribution is 2.47. The number of benzene rings is 2. The normalized spacial score (nSPS) is 22.8. The molecule has 2 atom stereocenters. The number of hydrogen-bond acceptors (Lipinski definition) is 5. The molecule has 152 valence electrons. The predicted octanol–water partition coefficient (Wildman–Crippen LogP) is 4.96. The lowest BCUT2D eigenvalue weighted by Crippen LogP contribution is -2.36. The maximum absolute atomic E-state index is 6.30. The number of nitrogens with two attached hydrogens (primary N) is 1. The molecule has 0 unspecified atom stereocenters. The molecule has 2 aliphatic heterocycles. The lowest BCUT2D eigenvalue weighted by Gasteiger charge is -2.36. The lowest BCUT2D eigenvalue weighted by atomic mass is 9.87. The number of aliphatic imine (C=N–C) groups is 2. The minimum Gasteiger partial charge on any atom is -0.490 e. The highest BCUT2D eigenvalue weighted by molar-refractivity contribution is 6.41. The summed E-state index contributed by atoms with van der Waals surface area (Å²) in [6.07, 6.45) is 2.42. The first-order valence-electron chi connectivity index (χ1n) is 10.1. The van der Waals surface area contributed by atoms with Crippen LogP contribution in [0.4, 0.5) is 0 Å². The molecule has 2 aliphatic rings. The van der Waals surface area contributed by atoms with Crippen molar-refractivity contribution in [2.45, 2.75) is 44.9 Å². The minimum atomic E-state index is -0.730. The average molecular weight is 412 g/mol. The lowest BCUT2D eigenvalue weighted by molar-refractivity contribution is 0.0672. The number of nitrogens with zero attached hydrogens (tertiary/aromatic N) is 2. The van der Waals surface area contributed by atoms with E-state index in [-0.39, 0.29) is 6.10 Å². The van der Waals surface area contributed by atoms with Gasteiger partial charge in [-0.3, -0.25) is 4.99 Å². The minimum absolute atomic E-state index is 0.0254. The Morgan fingerprint density at radius 3 is 2.72 bits per heavy atom. The largest absolute Gasteiger partial charge is 0.490 e. The molecule has 0 bridgehead atoms. The maximum Gasteiger partial charge on any atom is 0.185 e. The summed E-state index contributed by atoms with van der Waals surface area (Å²) in [6.45, 7) is 5.43. The molecule has 5 nitrogen and oxygen atoms in total. The van der Waals surface area contributed by atoms with E-state index in [1.807, 2.05) is 43.3 Å². The third-order valence-electron chi connectivity index (χ3n) is 5.34. The van der Waals surface area contributed by atoms with Crippen LogP contribution >= 0.6 is 11.6 Å². The van der Waals surface area contributed by atoms with Crippen LogP contribution in [0.15, 0.2) is 52.4 Å². The summed E-state index contributed by atoms with van der Waals surface area (Å²) in [6, 6.07) is 14.0. The second kappa shape index (κ2) is 8.17. The summed E-state index contributed by atoms with van der Waals surface area (Å²) in [5.41, 5.74) is 9.21. The predicted molar refractivity (Wildman–Crippen MR) is 118 cm³/mol. The molecule has 2 heterocycles. The first-order chi connectivity index (χ1) is 14.0. The fourth-order valence-corrected chi connectivity index (χ4v) is 4.11. The second-order valence-electron chi connectivity index (χ2n) is 7.58. The molecule has 6 heteroatoms. The summed E-state index contributed by atoms with van der Waals surface area (Å²) in [4.78, 5) is 9.68. The average Bonchev–Trinajstić information content (AvgIpc) is 2.99. The summed E-state index contributed by atoms with van der Waals surface area (Å²) < 4.78 is 12.0. The molecule has 0 amide bonds. The van der Waals surface area contributed by atoms with Crippen LogP contribution in [0.3, 0.4) is 0 Å². The zero-order valence-corrected chi connectivity index (χ0v) is 17.6. The van der Waals surface area contributed by atoms with E-state index in [1.54, 1.807) is 0 Å². The van der Waals surface area contributed by atoms with E-state index < -0.39 is 5.66 Å². The van der Waals surface area contributed by atoms with Crippen molar-refractivity contribution in [1.29, 1.82) is 0 Å². The molecular formula is C23H26ClN3O2. The zero-order chi connectivity index (χ0) is 20.4. The van der Waals surface area contributed by atoms with E-state index in [0.717, 1.165) is 47.6 Å². The van der Waals surface area contributed by atoms with Crippen LogP contribution < -0.4 is 10.5 Å². The van der Waals surface area contributed by atoms with Gasteiger partial charge in [-0.25, -0.2) is 4.99 Å². The Kier molecular flexibility index (Phi) is 5.61. The maximum atomic E-state index is 6.30. The van der Waals surface area contributed by atoms with Gasteiger partial charge < -0.3 is 15.2 Å². The summed E-state index contributed by atoms with van der Waals surface area (Å²) >= 11 is 6.19. The molecule has 0 aromatic heterocycles. The SMILES string of the molecule is CCCOCC[C@H]1C[C@]2(N=C(C)C(N)=N2)c2cc(-c3cccc(Cl)c3)ccc2O1. The molecule has 1 spiro atoms. The van der Waals surface area contributed by atoms with E-state index in [9.17, 15) is 0 Å². The van der Waals surface area contributed by atoms with Gasteiger partial charge in [-0.05, 0) is 48.7 Å². The Balaban J connectivity index is 1.70. The van der Waals surface area contributed by atoms with Gasteiger partial charge in [0.1, 0.15) is 17.7 Å². The Morgan fingerprint density at radius 2 is 2.00 bits per heavy atom. The zero-order valence-electron chi connectivity index (χ0n) is 16.8. The summed E-state index contributed by atoms with van der Waals surface area (Å²) in [5.74, 6) is 1.30. The van der Waals surface area contributed by atoms with Gasteiger partial charge in [-0.15, -0.1) is 0 Å². The highest BCUT2D eigenvalue weighted by atomic mass is 35.5. The number of hydrogen-bond donors (Lipinski definition) is 1. The van der Waals surface area contributed by atoms with Crippen molar-refractivity contribution < 1.29 is 9.47 Å². The quantitative estimate of drug-likeness (QED) is 0.683. The van der Waals surface area contributed by atoms with Gasteiger partial charge in [0.2, 0.25) is 0 Å². The second-order valence-corrected chi connectivity index (χ2v) is 8.01. The van der Waals surface area contributed by atoms with Crippen molar-refractivity contribution in [3.8, 4) is 16.9 Å². The van der Waals surface area contributed by atoms with Crippen molar-refractivity contribution in [3.05, 3.63) is 53.1 Å². The van der Waals surface area contributed by atoms with E-state index in [2.05, 4.69) is 13.0 Å². The molecule has 2 aromatic rings. The van der Waals surface area contributed by atoms with E-state index >= 15 is 0 Å². The van der Waals surface area contributed by atoms with Crippen LogP contribution in [0.2, 0.25) is 5.02 Å². The topological polar surface area (TPSA) is 69.2 Å². The molecule has 0 radical (unpaired) electrons. The van der Waals surface area contributed by atoms with Crippen LogP contribution in [0, 0.1) is 0 Å². The number of fused-ring (bicyclic) bond motifs is 2. The van der Waals surface area contributed by atoms with E-state index in [4.69, 9.17) is 36.8 Å². The molecule has 0 saturated heterocycles. The van der Waals surface area contributed by atoms with Gasteiger partial charge in [0.05, 0.1) is 12.3 Å². The van der Waals surface area contributed by atoms with Gasteiger partial charge in [0.25, 0.3) is 0 Å². The summed E-state index contributed by atoms with van der Waals surface area (Å²) in [5, 5.41) is 0.704. The van der Waals surface area contributed by atoms with Gasteiger partial charge in [0.15, 0.2) is 5.66 Å². The first kappa shape index (κ1) is 19.9. The standard InChI is InChI=1S/C23H26ClN3O2/c1-3-10-28-11-9-19-14-23(26-15(2)22(25)27-23)20-13-17(7-8-21(20)29-19)16-5-4-6-18(24)12-16/h4-8,12-13,19H,3,9-11,14H2,1-2H3,(H2,25,27)/t19-,23+/m0/s1. The van der Waals surface area contributed by atoms with Crippen molar-refractivity contribution in [1.82, 2.24) is 0 Å². The van der Waals surface area contributed by atoms with Crippen LogP contribution in [0.25, 0.3) is 11.1 Å². The fourth-order valence-electron chi connectivity index (χ4n) is 3.92. The Morgan fingerprint density at radius 1 is 1.17 bits per heavy atom. The highest BCUT2D eigenvalue weighted by Gasteiger charge is 2.44. The molecule has 0 saturated carbocycles. The number of ether oxygens (including phenoxy) is 2. The van der Waals surface area contributed by atoms with Gasteiger partial charge >= 0.3 is 0 Å². The third kappa shape index (κ3) is 4.02. The van der Waals surface area contributed by atoms with Crippen LogP contribution in [0.5, 0.6) is 5.75 Å². The van der Waals surface area contributed by atoms with Gasteiger partial charge in [-0.1, -0.05) is 36.7 Å². The number of rotatable bonds is 6. The van der Waals surface area contributed by atoms with Gasteiger partial charge in [-0.2, -0.15) is 0 Å². The van der Waals surface area contributed by atoms with Crippen LogP contribution in [0.1, 0.15) is 38.7 Å². The molecule has 0 fully saturated rings. The summed E-state index contributed by atoms with van der Waals surface area (Å²) in [7, 11) is 0. The monoisotopic (exact) mass is 411 g/mol. The van der Waals surface area contributed by atoms with E-state index in [0.29, 0.717) is 23.9 Å². The molecule has 4 rings (SSSR count).